The summed E-state index contributed by atoms with van der Waals surface area (Å²) in [5.41, 5.74) is 6.19. The predicted octanol–water partition coefficient (Wildman–Crippen LogP) is 6.26. The number of ether oxygens (including phenoxy) is 1. The molecule has 0 saturated heterocycles. The molecular weight excluding hydrogens is 292 g/mol. The molecule has 4 rings (SSSR count). The number of aryl methyl sites for hydroxylation is 2. The second-order valence-electron chi connectivity index (χ2n) is 7.19. The van der Waals surface area contributed by atoms with Gasteiger partial charge in [0.15, 0.2) is 0 Å². The summed E-state index contributed by atoms with van der Waals surface area (Å²) in [6, 6.07) is 18.0. The Labute approximate surface area is 144 Å². The van der Waals surface area contributed by atoms with E-state index in [1.807, 2.05) is 0 Å². The maximum Gasteiger partial charge on any atom is 0.130 e. The average Bonchev–Trinajstić information content (AvgIpc) is 2.59. The highest BCUT2D eigenvalue weighted by Gasteiger charge is 2.34. The standard InChI is InChI=1S/C23H24O/c1-5-15-7-10-18-17(13-15)9-12-20-19-11-8-16(6-2)14-21(19)24-23(3,4)22(18)20/h7-14H,5-6H2,1-4H3. The third kappa shape index (κ3) is 2.23. The van der Waals surface area contributed by atoms with Crippen molar-refractivity contribution in [3.8, 4) is 16.9 Å². The van der Waals surface area contributed by atoms with E-state index in [-0.39, 0.29) is 5.60 Å². The van der Waals surface area contributed by atoms with Crippen LogP contribution in [-0.4, -0.2) is 0 Å². The highest BCUT2D eigenvalue weighted by molar-refractivity contribution is 5.95. The summed E-state index contributed by atoms with van der Waals surface area (Å²) in [4.78, 5) is 0. The van der Waals surface area contributed by atoms with Gasteiger partial charge < -0.3 is 4.74 Å². The number of hydrogen-bond donors (Lipinski definition) is 0. The summed E-state index contributed by atoms with van der Waals surface area (Å²) in [5, 5.41) is 2.61. The van der Waals surface area contributed by atoms with Crippen molar-refractivity contribution >= 4 is 10.8 Å². The quantitative estimate of drug-likeness (QED) is 0.542. The van der Waals surface area contributed by atoms with Gasteiger partial charge in [-0.1, -0.05) is 56.3 Å². The van der Waals surface area contributed by atoms with E-state index in [1.165, 1.54) is 38.6 Å². The van der Waals surface area contributed by atoms with E-state index in [9.17, 15) is 0 Å². The van der Waals surface area contributed by atoms with Crippen LogP contribution < -0.4 is 4.74 Å². The van der Waals surface area contributed by atoms with Crippen molar-refractivity contribution in [3.05, 3.63) is 65.2 Å². The maximum absolute atomic E-state index is 6.45. The summed E-state index contributed by atoms with van der Waals surface area (Å²) < 4.78 is 6.45. The van der Waals surface area contributed by atoms with E-state index in [0.29, 0.717) is 0 Å². The van der Waals surface area contributed by atoms with Crippen LogP contribution in [0.4, 0.5) is 0 Å². The molecule has 1 nitrogen and oxygen atoms in total. The lowest BCUT2D eigenvalue weighted by atomic mass is 9.82. The molecule has 0 atom stereocenters. The molecule has 0 aromatic heterocycles. The van der Waals surface area contributed by atoms with Gasteiger partial charge in [-0.15, -0.1) is 0 Å². The van der Waals surface area contributed by atoms with Crippen LogP contribution in [0.25, 0.3) is 21.9 Å². The monoisotopic (exact) mass is 316 g/mol. The van der Waals surface area contributed by atoms with Gasteiger partial charge in [-0.2, -0.15) is 0 Å². The topological polar surface area (TPSA) is 9.23 Å². The van der Waals surface area contributed by atoms with Gasteiger partial charge in [0.2, 0.25) is 0 Å². The van der Waals surface area contributed by atoms with E-state index in [0.717, 1.165) is 18.6 Å². The Bertz CT molecular complexity index is 934. The van der Waals surface area contributed by atoms with Gasteiger partial charge in [-0.3, -0.25) is 0 Å². The van der Waals surface area contributed by atoms with Gasteiger partial charge >= 0.3 is 0 Å². The van der Waals surface area contributed by atoms with Crippen molar-refractivity contribution < 1.29 is 4.74 Å². The zero-order valence-corrected chi connectivity index (χ0v) is 14.9. The molecule has 0 bridgehead atoms. The number of benzene rings is 3. The van der Waals surface area contributed by atoms with Crippen LogP contribution in [0.1, 0.15) is 44.4 Å². The van der Waals surface area contributed by atoms with Crippen LogP contribution in [0.2, 0.25) is 0 Å². The first-order valence-corrected chi connectivity index (χ1v) is 8.92. The van der Waals surface area contributed by atoms with Gasteiger partial charge in [0.05, 0.1) is 0 Å². The van der Waals surface area contributed by atoms with Gasteiger partial charge in [-0.25, -0.2) is 0 Å². The maximum atomic E-state index is 6.45. The summed E-state index contributed by atoms with van der Waals surface area (Å²) in [6.07, 6.45) is 2.09. The Morgan fingerprint density at radius 1 is 0.792 bits per heavy atom. The molecule has 0 saturated carbocycles. The molecule has 1 heteroatoms. The van der Waals surface area contributed by atoms with Crippen LogP contribution >= 0.6 is 0 Å². The molecular formula is C23H24O. The van der Waals surface area contributed by atoms with Crippen LogP contribution in [-0.2, 0) is 18.4 Å². The summed E-state index contributed by atoms with van der Waals surface area (Å²) in [5.74, 6) is 1.01. The Balaban J connectivity index is 2.02. The molecule has 0 amide bonds. The molecule has 24 heavy (non-hydrogen) atoms. The lowest BCUT2D eigenvalue weighted by Crippen LogP contribution is -2.29. The Hall–Kier alpha value is -2.28. The Morgan fingerprint density at radius 3 is 2.21 bits per heavy atom. The molecule has 0 radical (unpaired) electrons. The molecule has 0 aliphatic carbocycles. The molecule has 1 aliphatic heterocycles. The fourth-order valence-corrected chi connectivity index (χ4v) is 3.89. The van der Waals surface area contributed by atoms with Gasteiger partial charge in [0.1, 0.15) is 11.4 Å². The highest BCUT2D eigenvalue weighted by Crippen LogP contribution is 2.48. The second-order valence-corrected chi connectivity index (χ2v) is 7.19. The Kier molecular flexibility index (Phi) is 3.42. The van der Waals surface area contributed by atoms with E-state index in [1.54, 1.807) is 0 Å². The normalized spacial score (nSPS) is 14.8. The van der Waals surface area contributed by atoms with Crippen molar-refractivity contribution in [2.45, 2.75) is 46.1 Å². The molecule has 0 spiro atoms. The van der Waals surface area contributed by atoms with Gasteiger partial charge in [0.25, 0.3) is 0 Å². The lowest BCUT2D eigenvalue weighted by Gasteiger charge is -2.36. The van der Waals surface area contributed by atoms with Crippen molar-refractivity contribution in [1.82, 2.24) is 0 Å². The first kappa shape index (κ1) is 15.3. The first-order valence-electron chi connectivity index (χ1n) is 8.92. The van der Waals surface area contributed by atoms with Gasteiger partial charge in [-0.05, 0) is 60.2 Å². The fraction of sp³-hybridized carbons (Fsp3) is 0.304. The van der Waals surface area contributed by atoms with Crippen LogP contribution in [0.15, 0.2) is 48.5 Å². The van der Waals surface area contributed by atoms with Crippen molar-refractivity contribution in [2.24, 2.45) is 0 Å². The molecule has 1 aliphatic rings. The van der Waals surface area contributed by atoms with E-state index in [4.69, 9.17) is 4.74 Å². The van der Waals surface area contributed by atoms with Crippen molar-refractivity contribution in [1.29, 1.82) is 0 Å². The Morgan fingerprint density at radius 2 is 1.46 bits per heavy atom. The predicted molar refractivity (Wildman–Crippen MR) is 102 cm³/mol. The molecule has 0 unspecified atom stereocenters. The molecule has 0 N–H and O–H groups in total. The highest BCUT2D eigenvalue weighted by atomic mass is 16.5. The first-order chi connectivity index (χ1) is 11.5. The molecule has 1 heterocycles. The van der Waals surface area contributed by atoms with Gasteiger partial charge in [0, 0.05) is 11.1 Å². The van der Waals surface area contributed by atoms with Crippen molar-refractivity contribution in [3.63, 3.8) is 0 Å². The van der Waals surface area contributed by atoms with Crippen molar-refractivity contribution in [2.75, 3.05) is 0 Å². The minimum Gasteiger partial charge on any atom is -0.482 e. The zero-order valence-electron chi connectivity index (χ0n) is 14.9. The largest absolute Gasteiger partial charge is 0.482 e. The molecule has 122 valence electrons. The SMILES string of the molecule is CCc1ccc2c(c1)OC(C)(C)c1c-2ccc2cc(CC)ccc12. The minimum absolute atomic E-state index is 0.331. The average molecular weight is 316 g/mol. The van der Waals surface area contributed by atoms with Crippen LogP contribution in [0, 0.1) is 0 Å². The summed E-state index contributed by atoms with van der Waals surface area (Å²) >= 11 is 0. The zero-order chi connectivity index (χ0) is 16.9. The number of fused-ring (bicyclic) bond motifs is 5. The molecule has 0 fully saturated rings. The van der Waals surface area contributed by atoms with E-state index in [2.05, 4.69) is 76.2 Å². The molecule has 3 aromatic rings. The van der Waals surface area contributed by atoms with Crippen LogP contribution in [0.3, 0.4) is 0 Å². The third-order valence-corrected chi connectivity index (χ3v) is 5.20. The van der Waals surface area contributed by atoms with E-state index < -0.39 is 0 Å². The number of rotatable bonds is 2. The smallest absolute Gasteiger partial charge is 0.130 e. The summed E-state index contributed by atoms with van der Waals surface area (Å²) in [7, 11) is 0. The third-order valence-electron chi connectivity index (χ3n) is 5.20. The summed E-state index contributed by atoms with van der Waals surface area (Å²) in [6.45, 7) is 8.75. The minimum atomic E-state index is -0.331. The molecule has 3 aromatic carbocycles. The lowest BCUT2D eigenvalue weighted by molar-refractivity contribution is 0.107. The second kappa shape index (κ2) is 5.37. The van der Waals surface area contributed by atoms with E-state index >= 15 is 0 Å². The fourth-order valence-electron chi connectivity index (χ4n) is 3.89. The number of hydrogen-bond acceptors (Lipinski definition) is 1. The van der Waals surface area contributed by atoms with Crippen LogP contribution in [0.5, 0.6) is 5.75 Å².